The van der Waals surface area contributed by atoms with Gasteiger partial charge in [0.25, 0.3) is 0 Å². The van der Waals surface area contributed by atoms with Crippen LogP contribution < -0.4 is 5.32 Å². The van der Waals surface area contributed by atoms with Gasteiger partial charge in [-0.05, 0) is 65.5 Å². The summed E-state index contributed by atoms with van der Waals surface area (Å²) in [6.07, 6.45) is 6.45. The minimum Gasteiger partial charge on any atom is -0.444 e. The van der Waals surface area contributed by atoms with E-state index < -0.39 is 5.60 Å². The molecule has 23 heavy (non-hydrogen) atoms. The molecule has 1 saturated heterocycles. The average Bonchev–Trinajstić information content (AvgIpc) is 2.87. The number of pyridine rings is 1. The van der Waals surface area contributed by atoms with Crippen LogP contribution in [0.3, 0.4) is 0 Å². The largest absolute Gasteiger partial charge is 0.444 e. The lowest BCUT2D eigenvalue weighted by Gasteiger charge is -2.30. The van der Waals surface area contributed by atoms with Gasteiger partial charge in [-0.25, -0.2) is 4.79 Å². The molecule has 5 heteroatoms. The zero-order valence-corrected chi connectivity index (χ0v) is 14.9. The van der Waals surface area contributed by atoms with Crippen LogP contribution in [0.15, 0.2) is 18.5 Å². The molecule has 2 heterocycles. The van der Waals surface area contributed by atoms with E-state index in [9.17, 15) is 4.79 Å². The smallest absolute Gasteiger partial charge is 0.410 e. The van der Waals surface area contributed by atoms with E-state index >= 15 is 0 Å². The van der Waals surface area contributed by atoms with Crippen LogP contribution in [0.1, 0.15) is 52.5 Å². The van der Waals surface area contributed by atoms with Crippen molar-refractivity contribution < 1.29 is 9.53 Å². The maximum Gasteiger partial charge on any atom is 0.410 e. The van der Waals surface area contributed by atoms with Crippen molar-refractivity contribution in [2.75, 3.05) is 11.9 Å². The molecule has 128 valence electrons. The fourth-order valence-electron chi connectivity index (χ4n) is 2.99. The summed E-state index contributed by atoms with van der Waals surface area (Å²) < 4.78 is 5.53. The number of amides is 1. The molecule has 0 saturated carbocycles. The highest BCUT2D eigenvalue weighted by atomic mass is 16.6. The highest BCUT2D eigenvalue weighted by molar-refractivity contribution is 5.69. The molecule has 0 aromatic carbocycles. The summed E-state index contributed by atoms with van der Waals surface area (Å²) in [7, 11) is 0. The second kappa shape index (κ2) is 7.20. The summed E-state index contributed by atoms with van der Waals surface area (Å²) in [6.45, 7) is 10.7. The van der Waals surface area contributed by atoms with Gasteiger partial charge in [0.15, 0.2) is 0 Å². The van der Waals surface area contributed by atoms with Crippen LogP contribution >= 0.6 is 0 Å². The number of rotatable bonds is 4. The van der Waals surface area contributed by atoms with E-state index in [1.165, 1.54) is 5.56 Å². The molecule has 1 aliphatic rings. The summed E-state index contributed by atoms with van der Waals surface area (Å²) in [4.78, 5) is 18.4. The van der Waals surface area contributed by atoms with Gasteiger partial charge in [0, 0.05) is 24.8 Å². The molecule has 1 amide bonds. The predicted molar refractivity (Wildman–Crippen MR) is 92.6 cm³/mol. The monoisotopic (exact) mass is 319 g/mol. The Kier molecular flexibility index (Phi) is 5.50. The Balaban J connectivity index is 1.93. The summed E-state index contributed by atoms with van der Waals surface area (Å²) in [5.41, 5.74) is 1.80. The zero-order chi connectivity index (χ0) is 17.0. The maximum atomic E-state index is 12.3. The molecule has 2 unspecified atom stereocenters. The first-order valence-electron chi connectivity index (χ1n) is 8.43. The number of aryl methyl sites for hydroxylation is 1. The van der Waals surface area contributed by atoms with Crippen LogP contribution in [0.2, 0.25) is 0 Å². The molecule has 0 aliphatic carbocycles. The average molecular weight is 319 g/mol. The van der Waals surface area contributed by atoms with Gasteiger partial charge in [-0.1, -0.05) is 0 Å². The van der Waals surface area contributed by atoms with Crippen molar-refractivity contribution in [1.29, 1.82) is 0 Å². The molecule has 1 aliphatic heterocycles. The quantitative estimate of drug-likeness (QED) is 0.912. The number of nitrogens with one attached hydrogen (secondary N) is 1. The second-order valence-electron chi connectivity index (χ2n) is 7.44. The Morgan fingerprint density at radius 2 is 2.26 bits per heavy atom. The van der Waals surface area contributed by atoms with Crippen molar-refractivity contribution in [3.63, 3.8) is 0 Å². The van der Waals surface area contributed by atoms with Crippen molar-refractivity contribution in [3.05, 3.63) is 24.0 Å². The molecule has 1 fully saturated rings. The van der Waals surface area contributed by atoms with Gasteiger partial charge in [0.05, 0.1) is 11.9 Å². The number of hydrogen-bond donors (Lipinski definition) is 1. The van der Waals surface area contributed by atoms with Crippen molar-refractivity contribution in [2.24, 2.45) is 0 Å². The van der Waals surface area contributed by atoms with E-state index in [0.29, 0.717) is 0 Å². The summed E-state index contributed by atoms with van der Waals surface area (Å²) >= 11 is 0. The number of anilines is 1. The summed E-state index contributed by atoms with van der Waals surface area (Å²) in [5, 5.41) is 3.50. The third kappa shape index (κ3) is 5.12. The molecule has 0 radical (unpaired) electrons. The van der Waals surface area contributed by atoms with Gasteiger partial charge in [-0.2, -0.15) is 0 Å². The molecule has 2 atom stereocenters. The lowest BCUT2D eigenvalue weighted by Crippen LogP contribution is -2.41. The first kappa shape index (κ1) is 17.6. The van der Waals surface area contributed by atoms with Gasteiger partial charge < -0.3 is 15.0 Å². The molecule has 1 aromatic heterocycles. The third-order valence-corrected chi connectivity index (χ3v) is 4.07. The molecular formula is C18H29N3O2. The van der Waals surface area contributed by atoms with Gasteiger partial charge in [-0.15, -0.1) is 0 Å². The first-order valence-corrected chi connectivity index (χ1v) is 8.43. The molecule has 2 rings (SSSR count). The maximum absolute atomic E-state index is 12.3. The molecule has 5 nitrogen and oxygen atoms in total. The normalized spacial score (nSPS) is 19.5. The van der Waals surface area contributed by atoms with E-state index in [0.717, 1.165) is 31.5 Å². The van der Waals surface area contributed by atoms with Crippen molar-refractivity contribution >= 4 is 11.8 Å². The van der Waals surface area contributed by atoms with Crippen molar-refractivity contribution in [2.45, 2.75) is 71.6 Å². The summed E-state index contributed by atoms with van der Waals surface area (Å²) in [5.74, 6) is 0. The second-order valence-corrected chi connectivity index (χ2v) is 7.44. The lowest BCUT2D eigenvalue weighted by atomic mass is 10.1. The van der Waals surface area contributed by atoms with Gasteiger partial charge in [-0.3, -0.25) is 4.98 Å². The molecule has 0 bridgehead atoms. The van der Waals surface area contributed by atoms with Crippen LogP contribution in [0, 0.1) is 6.92 Å². The van der Waals surface area contributed by atoms with E-state index in [2.05, 4.69) is 24.1 Å². The van der Waals surface area contributed by atoms with Crippen LogP contribution in [0.4, 0.5) is 10.5 Å². The van der Waals surface area contributed by atoms with E-state index in [1.807, 2.05) is 37.9 Å². The van der Waals surface area contributed by atoms with Crippen LogP contribution in [0.25, 0.3) is 0 Å². The number of carbonyl (C=O) groups excluding carboxylic acids is 1. The van der Waals surface area contributed by atoms with Crippen LogP contribution in [-0.2, 0) is 4.74 Å². The Labute approximate surface area is 139 Å². The molecule has 1 N–H and O–H groups in total. The Morgan fingerprint density at radius 3 is 2.91 bits per heavy atom. The highest BCUT2D eigenvalue weighted by Crippen LogP contribution is 2.25. The van der Waals surface area contributed by atoms with E-state index in [4.69, 9.17) is 4.74 Å². The number of nitrogens with zero attached hydrogens (tertiary/aromatic N) is 2. The Morgan fingerprint density at radius 1 is 1.52 bits per heavy atom. The van der Waals surface area contributed by atoms with Gasteiger partial charge >= 0.3 is 6.09 Å². The molecule has 0 spiro atoms. The topological polar surface area (TPSA) is 54.5 Å². The van der Waals surface area contributed by atoms with Crippen molar-refractivity contribution in [1.82, 2.24) is 9.88 Å². The number of likely N-dealkylation sites (tertiary alicyclic amines) is 1. The Bertz CT molecular complexity index is 539. The van der Waals surface area contributed by atoms with Crippen molar-refractivity contribution in [3.8, 4) is 0 Å². The number of ether oxygens (including phenoxy) is 1. The summed E-state index contributed by atoms with van der Waals surface area (Å²) in [6, 6.07) is 2.51. The van der Waals surface area contributed by atoms with Gasteiger partial charge in [0.1, 0.15) is 5.60 Å². The minimum atomic E-state index is -0.444. The fourth-order valence-corrected chi connectivity index (χ4v) is 2.99. The minimum absolute atomic E-state index is 0.190. The first-order chi connectivity index (χ1) is 10.8. The zero-order valence-electron chi connectivity index (χ0n) is 14.9. The number of carbonyl (C=O) groups is 1. The number of hydrogen-bond acceptors (Lipinski definition) is 4. The third-order valence-electron chi connectivity index (χ3n) is 4.07. The lowest BCUT2D eigenvalue weighted by molar-refractivity contribution is 0.0218. The number of aromatic nitrogens is 1. The SMILES string of the molecule is Cc1ccncc1NC(C)CC1CCCN1C(=O)OC(C)(C)C. The fraction of sp³-hybridized carbons (Fsp3) is 0.667. The van der Waals surface area contributed by atoms with E-state index in [-0.39, 0.29) is 18.2 Å². The standard InChI is InChI=1S/C18H29N3O2/c1-13-8-9-19-12-16(13)20-14(2)11-15-7-6-10-21(15)17(22)23-18(3,4)5/h8-9,12,14-15,20H,6-7,10-11H2,1-5H3. The van der Waals surface area contributed by atoms with Crippen LogP contribution in [0.5, 0.6) is 0 Å². The van der Waals surface area contributed by atoms with E-state index in [1.54, 1.807) is 6.20 Å². The molecule has 1 aromatic rings. The van der Waals surface area contributed by atoms with Crippen LogP contribution in [-0.4, -0.2) is 40.2 Å². The predicted octanol–water partition coefficient (Wildman–Crippen LogP) is 3.98. The highest BCUT2D eigenvalue weighted by Gasteiger charge is 2.32. The van der Waals surface area contributed by atoms with Gasteiger partial charge in [0.2, 0.25) is 0 Å². The Hall–Kier alpha value is -1.78. The molecular weight excluding hydrogens is 290 g/mol.